The minimum Gasteiger partial charge on any atom is -0.459 e. The van der Waals surface area contributed by atoms with Crippen LogP contribution in [0.5, 0.6) is 0 Å². The Hall–Kier alpha value is -1.18. The Bertz CT molecular complexity index is 722. The van der Waals surface area contributed by atoms with Crippen molar-refractivity contribution in [1.29, 1.82) is 0 Å². The summed E-state index contributed by atoms with van der Waals surface area (Å²) in [6.45, 7) is 2.14. The van der Waals surface area contributed by atoms with Gasteiger partial charge >= 0.3 is 12.1 Å². The summed E-state index contributed by atoms with van der Waals surface area (Å²) in [5.41, 5.74) is 2.48. The van der Waals surface area contributed by atoms with E-state index in [-0.39, 0.29) is 17.4 Å². The molecular weight excluding hydrogens is 386 g/mol. The number of alkyl halides is 2. The van der Waals surface area contributed by atoms with Gasteiger partial charge in [0.25, 0.3) is 0 Å². The van der Waals surface area contributed by atoms with E-state index in [0.29, 0.717) is 11.8 Å². The molecule has 4 saturated carbocycles. The molecule has 0 spiro atoms. The van der Waals surface area contributed by atoms with Gasteiger partial charge in [-0.2, -0.15) is 13.1 Å². The van der Waals surface area contributed by atoms with Crippen LogP contribution in [0.3, 0.4) is 0 Å². The number of carbonyl (C=O) groups is 1. The first-order chi connectivity index (χ1) is 13.3. The van der Waals surface area contributed by atoms with Crippen molar-refractivity contribution >= 4 is 18.9 Å². The Labute approximate surface area is 169 Å². The Balaban J connectivity index is 1.53. The van der Waals surface area contributed by atoms with Crippen LogP contribution in [0.25, 0.3) is 0 Å². The number of thiol groups is 1. The van der Waals surface area contributed by atoms with Crippen LogP contribution in [0, 0.1) is 17.3 Å². The largest absolute Gasteiger partial charge is 0.483 e. The maximum absolute atomic E-state index is 13.5. The summed E-state index contributed by atoms with van der Waals surface area (Å²) in [6, 6.07) is 8.85. The Morgan fingerprint density at radius 1 is 1.18 bits per heavy atom. The molecule has 4 fully saturated rings. The summed E-state index contributed by atoms with van der Waals surface area (Å²) < 4.78 is 35.7. The molecule has 5 rings (SSSR count). The van der Waals surface area contributed by atoms with Crippen molar-refractivity contribution in [2.45, 2.75) is 63.4 Å². The fourth-order valence-electron chi connectivity index (χ4n) is 6.44. The molecule has 1 aromatic rings. The molecular formula is C21H26F2O4S. The second-order valence-corrected chi connectivity index (χ2v) is 9.19. The van der Waals surface area contributed by atoms with Crippen LogP contribution in [-0.4, -0.2) is 18.7 Å². The topological polar surface area (TPSA) is 44.8 Å². The van der Waals surface area contributed by atoms with Crippen LogP contribution in [0.15, 0.2) is 24.3 Å². The van der Waals surface area contributed by atoms with E-state index >= 15 is 0 Å². The molecule has 154 valence electrons. The second-order valence-electron chi connectivity index (χ2n) is 9.04. The molecule has 4 aliphatic rings. The van der Waals surface area contributed by atoms with Gasteiger partial charge in [-0.1, -0.05) is 31.2 Å². The van der Waals surface area contributed by atoms with Gasteiger partial charge in [-0.15, -0.1) is 4.89 Å². The standard InChI is InChI=1S/C21H26F2O4S/c1-2-14-3-5-17(6-4-14)20-10-15-7-16(11-20)9-19(8-15,12-20)13-25-18(24)21(22,23)26-27-28/h3-6,15-16,28H,2,7-13H2,1H3. The van der Waals surface area contributed by atoms with Crippen molar-refractivity contribution in [2.75, 3.05) is 6.61 Å². The highest BCUT2D eigenvalue weighted by Crippen LogP contribution is 2.65. The molecule has 0 N–H and O–H groups in total. The maximum atomic E-state index is 13.5. The molecule has 4 nitrogen and oxygen atoms in total. The zero-order valence-corrected chi connectivity index (χ0v) is 16.9. The monoisotopic (exact) mass is 412 g/mol. The molecule has 2 unspecified atom stereocenters. The van der Waals surface area contributed by atoms with Crippen LogP contribution in [0.1, 0.15) is 56.6 Å². The number of esters is 1. The van der Waals surface area contributed by atoms with Gasteiger partial charge in [0.05, 0.1) is 6.61 Å². The highest BCUT2D eigenvalue weighted by atomic mass is 32.1. The molecule has 0 aromatic heterocycles. The van der Waals surface area contributed by atoms with E-state index in [1.807, 2.05) is 0 Å². The molecule has 0 aliphatic heterocycles. The molecule has 4 bridgehead atoms. The van der Waals surface area contributed by atoms with Gasteiger partial charge < -0.3 is 4.74 Å². The van der Waals surface area contributed by atoms with Gasteiger partial charge in [-0.25, -0.2) is 4.79 Å². The van der Waals surface area contributed by atoms with Gasteiger partial charge in [-0.3, -0.25) is 0 Å². The van der Waals surface area contributed by atoms with Gasteiger partial charge in [0, 0.05) is 18.3 Å². The first-order valence-corrected chi connectivity index (χ1v) is 10.3. The number of ether oxygens (including phenoxy) is 1. The highest BCUT2D eigenvalue weighted by molar-refractivity contribution is 7.74. The van der Waals surface area contributed by atoms with E-state index in [1.54, 1.807) is 0 Å². The van der Waals surface area contributed by atoms with Crippen molar-refractivity contribution in [1.82, 2.24) is 0 Å². The Kier molecular flexibility index (Phi) is 5.21. The lowest BCUT2D eigenvalue weighted by Gasteiger charge is -2.62. The average molecular weight is 412 g/mol. The molecule has 0 radical (unpaired) electrons. The third-order valence-corrected chi connectivity index (χ3v) is 7.12. The molecule has 28 heavy (non-hydrogen) atoms. The fourth-order valence-corrected chi connectivity index (χ4v) is 6.53. The minimum atomic E-state index is -4.16. The van der Waals surface area contributed by atoms with Crippen LogP contribution in [0.2, 0.25) is 0 Å². The van der Waals surface area contributed by atoms with Crippen LogP contribution < -0.4 is 0 Å². The van der Waals surface area contributed by atoms with Crippen LogP contribution in [-0.2, 0) is 30.6 Å². The van der Waals surface area contributed by atoms with E-state index < -0.39 is 12.1 Å². The van der Waals surface area contributed by atoms with Crippen molar-refractivity contribution in [3.63, 3.8) is 0 Å². The summed E-state index contributed by atoms with van der Waals surface area (Å²) in [5, 5.41) is 0. The van der Waals surface area contributed by atoms with Gasteiger partial charge in [0.15, 0.2) is 0 Å². The molecule has 2 atom stereocenters. The fraction of sp³-hybridized carbons (Fsp3) is 0.667. The third kappa shape index (κ3) is 3.57. The normalized spacial score (nSPS) is 33.9. The summed E-state index contributed by atoms with van der Waals surface area (Å²) in [5.74, 6) is -0.606. The number of halogens is 2. The van der Waals surface area contributed by atoms with E-state index in [2.05, 4.69) is 53.3 Å². The average Bonchev–Trinajstić information content (AvgIpc) is 2.65. The zero-order valence-electron chi connectivity index (χ0n) is 16.0. The molecule has 1 aromatic carbocycles. The number of hydrogen-bond donors (Lipinski definition) is 1. The highest BCUT2D eigenvalue weighted by Gasteiger charge is 2.59. The molecule has 0 heterocycles. The summed E-state index contributed by atoms with van der Waals surface area (Å²) in [6.07, 6.45) is 3.05. The van der Waals surface area contributed by atoms with E-state index in [9.17, 15) is 13.6 Å². The van der Waals surface area contributed by atoms with E-state index in [4.69, 9.17) is 4.74 Å². The first-order valence-electron chi connectivity index (χ1n) is 9.93. The number of aryl methyl sites for hydroxylation is 1. The van der Waals surface area contributed by atoms with E-state index in [0.717, 1.165) is 38.5 Å². The quantitative estimate of drug-likeness (QED) is 0.225. The van der Waals surface area contributed by atoms with Crippen LogP contribution >= 0.6 is 12.9 Å². The summed E-state index contributed by atoms with van der Waals surface area (Å²) in [7, 11) is 0. The predicted molar refractivity (Wildman–Crippen MR) is 102 cm³/mol. The molecule has 0 amide bonds. The Morgan fingerprint density at radius 2 is 1.82 bits per heavy atom. The van der Waals surface area contributed by atoms with Crippen molar-refractivity contribution in [3.8, 4) is 0 Å². The molecule has 7 heteroatoms. The van der Waals surface area contributed by atoms with Gasteiger partial charge in [0.2, 0.25) is 0 Å². The lowest BCUT2D eigenvalue weighted by Crippen LogP contribution is -2.56. The van der Waals surface area contributed by atoms with E-state index in [1.165, 1.54) is 17.5 Å². The van der Waals surface area contributed by atoms with Crippen molar-refractivity contribution in [2.24, 2.45) is 17.3 Å². The SMILES string of the molecule is CCc1ccc(C23CC4CC(CC(COC(=O)C(F)(F)OOS)(C4)C2)C3)cc1. The summed E-state index contributed by atoms with van der Waals surface area (Å²) in [4.78, 5) is 15.4. The third-order valence-electron chi connectivity index (χ3n) is 7.05. The minimum absolute atomic E-state index is 0.000845. The van der Waals surface area contributed by atoms with Gasteiger partial charge in [0.1, 0.15) is 0 Å². The lowest BCUT2D eigenvalue weighted by atomic mass is 9.43. The van der Waals surface area contributed by atoms with Crippen molar-refractivity contribution in [3.05, 3.63) is 35.4 Å². The molecule has 4 aliphatic carbocycles. The smallest absolute Gasteiger partial charge is 0.459 e. The van der Waals surface area contributed by atoms with Crippen molar-refractivity contribution < 1.29 is 27.5 Å². The number of carbonyl (C=O) groups excluding carboxylic acids is 1. The second kappa shape index (κ2) is 7.26. The summed E-state index contributed by atoms with van der Waals surface area (Å²) >= 11 is 3.11. The zero-order chi connectivity index (χ0) is 20.0. The number of rotatable bonds is 7. The lowest BCUT2D eigenvalue weighted by molar-refractivity contribution is -0.369. The maximum Gasteiger partial charge on any atom is 0.483 e. The first kappa shape index (κ1) is 20.1. The number of hydrogen-bond acceptors (Lipinski definition) is 5. The Morgan fingerprint density at radius 3 is 2.39 bits per heavy atom. The molecule has 0 saturated heterocycles. The predicted octanol–water partition coefficient (Wildman–Crippen LogP) is 5.02. The van der Waals surface area contributed by atoms with Gasteiger partial charge in [-0.05, 0) is 73.3 Å². The van der Waals surface area contributed by atoms with Crippen LogP contribution in [0.4, 0.5) is 8.78 Å². The number of benzene rings is 1.